The third kappa shape index (κ3) is 3.75. The van der Waals surface area contributed by atoms with E-state index in [4.69, 9.17) is 0 Å². The summed E-state index contributed by atoms with van der Waals surface area (Å²) in [6, 6.07) is 5.63. The quantitative estimate of drug-likeness (QED) is 0.858. The molecule has 25 heavy (non-hydrogen) atoms. The van der Waals surface area contributed by atoms with Crippen molar-refractivity contribution in [3.05, 3.63) is 45.2 Å². The molecule has 2 heterocycles. The van der Waals surface area contributed by atoms with Crippen LogP contribution in [0.2, 0.25) is 0 Å². The van der Waals surface area contributed by atoms with Gasteiger partial charge in [0.1, 0.15) is 0 Å². The van der Waals surface area contributed by atoms with E-state index in [0.29, 0.717) is 32.7 Å². The van der Waals surface area contributed by atoms with Crippen molar-refractivity contribution in [1.29, 1.82) is 0 Å². The minimum atomic E-state index is -0.581. The molecule has 0 unspecified atom stereocenters. The first-order valence-electron chi connectivity index (χ1n) is 8.63. The van der Waals surface area contributed by atoms with Crippen LogP contribution < -0.4 is 5.43 Å². The van der Waals surface area contributed by atoms with Crippen molar-refractivity contribution in [1.82, 2.24) is 14.8 Å². The zero-order chi connectivity index (χ0) is 18.1. The van der Waals surface area contributed by atoms with Crippen LogP contribution in [0.15, 0.2) is 23.0 Å². The number of rotatable bonds is 2. The lowest BCUT2D eigenvalue weighted by Gasteiger charge is -2.21. The van der Waals surface area contributed by atoms with Gasteiger partial charge in [0.05, 0.1) is 11.6 Å². The van der Waals surface area contributed by atoms with Crippen LogP contribution in [0.3, 0.4) is 0 Å². The van der Waals surface area contributed by atoms with Gasteiger partial charge in [-0.15, -0.1) is 0 Å². The Morgan fingerprint density at radius 2 is 1.96 bits per heavy atom. The Kier molecular flexibility index (Phi) is 4.92. The lowest BCUT2D eigenvalue weighted by molar-refractivity contribution is -0.129. The Labute approximate surface area is 147 Å². The highest BCUT2D eigenvalue weighted by Gasteiger charge is 2.23. The number of aryl methyl sites for hydroxylation is 2. The molecule has 1 saturated heterocycles. The number of nitrogens with one attached hydrogen (secondary N) is 1. The molecule has 0 aliphatic carbocycles. The molecule has 0 radical (unpaired) electrons. The molecule has 1 aliphatic rings. The number of β-amino-alcohol motifs (C(OH)–C–C–N with tert-alkyl or cyclic N) is 1. The van der Waals surface area contributed by atoms with Crippen LogP contribution in [0.4, 0.5) is 0 Å². The predicted octanol–water partition coefficient (Wildman–Crippen LogP) is 1.17. The van der Waals surface area contributed by atoms with E-state index in [9.17, 15) is 14.7 Å². The number of carbonyl (C=O) groups is 1. The van der Waals surface area contributed by atoms with E-state index >= 15 is 0 Å². The molecule has 0 bridgehead atoms. The number of benzene rings is 1. The second-order valence-electron chi connectivity index (χ2n) is 6.96. The fourth-order valence-corrected chi connectivity index (χ4v) is 3.53. The fraction of sp³-hybridized carbons (Fsp3) is 0.474. The molecular formula is C19H25N3O3. The van der Waals surface area contributed by atoms with Gasteiger partial charge in [0, 0.05) is 56.8 Å². The number of hydrogen-bond acceptors (Lipinski definition) is 4. The Morgan fingerprint density at radius 1 is 1.24 bits per heavy atom. The highest BCUT2D eigenvalue weighted by Crippen LogP contribution is 2.18. The number of H-pyrrole nitrogens is 1. The highest BCUT2D eigenvalue weighted by atomic mass is 16.3. The maximum atomic E-state index is 12.5. The Hall–Kier alpha value is -2.18. The molecule has 6 heteroatoms. The number of aliphatic hydroxyl groups excluding tert-OH is 1. The number of nitrogens with zero attached hydrogens (tertiary/aromatic N) is 2. The van der Waals surface area contributed by atoms with Crippen LogP contribution in [-0.2, 0) is 11.3 Å². The van der Waals surface area contributed by atoms with E-state index in [1.165, 1.54) is 6.92 Å². The lowest BCUT2D eigenvalue weighted by atomic mass is 10.0. The smallest absolute Gasteiger partial charge is 0.219 e. The normalized spacial score (nSPS) is 19.2. The maximum absolute atomic E-state index is 12.5. The number of carbonyl (C=O) groups excluding carboxylic acids is 1. The summed E-state index contributed by atoms with van der Waals surface area (Å²) in [5, 5.41) is 10.9. The summed E-state index contributed by atoms with van der Waals surface area (Å²) in [6.45, 7) is 8.09. The topological polar surface area (TPSA) is 76.6 Å². The minimum absolute atomic E-state index is 0.0192. The number of aromatic amines is 1. The van der Waals surface area contributed by atoms with E-state index in [0.717, 1.165) is 27.7 Å². The van der Waals surface area contributed by atoms with Crippen molar-refractivity contribution in [3.8, 4) is 0 Å². The van der Waals surface area contributed by atoms with Crippen molar-refractivity contribution in [2.75, 3.05) is 26.2 Å². The van der Waals surface area contributed by atoms with Gasteiger partial charge >= 0.3 is 0 Å². The van der Waals surface area contributed by atoms with Gasteiger partial charge in [-0.25, -0.2) is 0 Å². The maximum Gasteiger partial charge on any atom is 0.219 e. The van der Waals surface area contributed by atoms with Crippen LogP contribution >= 0.6 is 0 Å². The molecule has 0 saturated carbocycles. The van der Waals surface area contributed by atoms with Gasteiger partial charge in [0.2, 0.25) is 5.91 Å². The van der Waals surface area contributed by atoms with E-state index in [1.54, 1.807) is 11.0 Å². The van der Waals surface area contributed by atoms with Crippen molar-refractivity contribution in [2.24, 2.45) is 0 Å². The molecule has 1 aliphatic heterocycles. The van der Waals surface area contributed by atoms with Crippen LogP contribution in [0.5, 0.6) is 0 Å². The monoisotopic (exact) mass is 343 g/mol. The largest absolute Gasteiger partial charge is 0.390 e. The van der Waals surface area contributed by atoms with Crippen molar-refractivity contribution < 1.29 is 9.90 Å². The van der Waals surface area contributed by atoms with Crippen LogP contribution in [0.25, 0.3) is 10.9 Å². The van der Waals surface area contributed by atoms with Crippen molar-refractivity contribution >= 4 is 16.8 Å². The minimum Gasteiger partial charge on any atom is -0.390 e. The average Bonchev–Trinajstić information content (AvgIpc) is 2.72. The SMILES string of the molecule is CC(=O)N1CCN(Cc2cc(=O)c3c(C)ccc(C)c3[nH]2)C[C@H](O)C1. The second kappa shape index (κ2) is 6.98. The number of fused-ring (bicyclic) bond motifs is 1. The molecular weight excluding hydrogens is 318 g/mol. The number of hydrogen-bond donors (Lipinski definition) is 2. The summed E-state index contributed by atoms with van der Waals surface area (Å²) in [4.78, 5) is 31.3. The molecule has 1 atom stereocenters. The summed E-state index contributed by atoms with van der Waals surface area (Å²) >= 11 is 0. The average molecular weight is 343 g/mol. The van der Waals surface area contributed by atoms with Gasteiger partial charge in [-0.3, -0.25) is 14.5 Å². The molecule has 1 amide bonds. The second-order valence-corrected chi connectivity index (χ2v) is 6.96. The summed E-state index contributed by atoms with van der Waals surface area (Å²) in [6.07, 6.45) is -0.581. The Bertz CT molecular complexity index is 859. The number of aliphatic hydroxyl groups is 1. The van der Waals surface area contributed by atoms with Crippen molar-refractivity contribution in [2.45, 2.75) is 33.4 Å². The zero-order valence-electron chi connectivity index (χ0n) is 15.0. The molecule has 3 rings (SSSR count). The van der Waals surface area contributed by atoms with Crippen molar-refractivity contribution in [3.63, 3.8) is 0 Å². The van der Waals surface area contributed by atoms with Gasteiger partial charge in [0.25, 0.3) is 0 Å². The molecule has 6 nitrogen and oxygen atoms in total. The molecule has 2 N–H and O–H groups in total. The summed E-state index contributed by atoms with van der Waals surface area (Å²) in [5.74, 6) is -0.0221. The van der Waals surface area contributed by atoms with E-state index in [2.05, 4.69) is 9.88 Å². The summed E-state index contributed by atoms with van der Waals surface area (Å²) in [5.41, 5.74) is 3.73. The number of pyridine rings is 1. The molecule has 0 spiro atoms. The van der Waals surface area contributed by atoms with E-state index in [1.807, 2.05) is 26.0 Å². The molecule has 2 aromatic rings. The lowest BCUT2D eigenvalue weighted by Crippen LogP contribution is -2.36. The molecule has 1 aromatic heterocycles. The van der Waals surface area contributed by atoms with E-state index < -0.39 is 6.10 Å². The summed E-state index contributed by atoms with van der Waals surface area (Å²) < 4.78 is 0. The highest BCUT2D eigenvalue weighted by molar-refractivity contribution is 5.84. The van der Waals surface area contributed by atoms with E-state index in [-0.39, 0.29) is 11.3 Å². The Balaban J connectivity index is 1.87. The first kappa shape index (κ1) is 17.6. The van der Waals surface area contributed by atoms with Gasteiger partial charge in [-0.2, -0.15) is 0 Å². The first-order valence-corrected chi connectivity index (χ1v) is 8.63. The number of aromatic nitrogens is 1. The molecule has 1 fully saturated rings. The van der Waals surface area contributed by atoms with Gasteiger partial charge in [-0.1, -0.05) is 12.1 Å². The van der Waals surface area contributed by atoms with Crippen LogP contribution in [-0.4, -0.2) is 58.1 Å². The fourth-order valence-electron chi connectivity index (χ4n) is 3.53. The van der Waals surface area contributed by atoms with Gasteiger partial charge in [0.15, 0.2) is 5.43 Å². The van der Waals surface area contributed by atoms with Crippen LogP contribution in [0.1, 0.15) is 23.7 Å². The van der Waals surface area contributed by atoms with Gasteiger partial charge in [-0.05, 0) is 25.0 Å². The Morgan fingerprint density at radius 3 is 2.68 bits per heavy atom. The molecule has 134 valence electrons. The molecule has 1 aromatic carbocycles. The zero-order valence-corrected chi connectivity index (χ0v) is 15.0. The van der Waals surface area contributed by atoms with Gasteiger partial charge < -0.3 is 15.0 Å². The summed E-state index contributed by atoms with van der Waals surface area (Å²) in [7, 11) is 0. The third-order valence-electron chi connectivity index (χ3n) is 4.88. The third-order valence-corrected chi connectivity index (χ3v) is 4.88. The number of amides is 1. The van der Waals surface area contributed by atoms with Crippen LogP contribution in [0, 0.1) is 13.8 Å². The standard InChI is InChI=1S/C19H25N3O3/c1-12-4-5-13(2)19-18(12)17(25)8-15(20-19)9-21-6-7-22(14(3)23)11-16(24)10-21/h4-5,8,16,24H,6-7,9-11H2,1-3H3,(H,20,25)/t16-/m0/s1. The first-order chi connectivity index (χ1) is 11.8. The predicted molar refractivity (Wildman–Crippen MR) is 97.6 cm³/mol.